The summed E-state index contributed by atoms with van der Waals surface area (Å²) in [5, 5.41) is 0. The van der Waals surface area contributed by atoms with Gasteiger partial charge in [-0.15, -0.1) is 0 Å². The van der Waals surface area contributed by atoms with Gasteiger partial charge in [-0.05, 0) is 18.2 Å². The zero-order chi connectivity index (χ0) is 11.4. The number of hydrogen-bond donors (Lipinski definition) is 0. The molecule has 0 spiro atoms. The van der Waals surface area contributed by atoms with Crippen LogP contribution in [0.2, 0.25) is 0 Å². The number of methoxy groups -OCH3 is 1. The number of rotatable bonds is 3. The van der Waals surface area contributed by atoms with E-state index in [1.165, 1.54) is 0 Å². The molecule has 0 heterocycles. The Hall–Kier alpha value is -1.01. The van der Waals surface area contributed by atoms with E-state index in [0.29, 0.717) is 5.75 Å². The standard InChI is InChI=1S/C13H11O2S.CH3.H2N.Os/c1-15-11-6-5-9-13(10-11)16(14)12-7-3-2-4-8-12;;;/h3-10H,1H3;1H3;1H2;/q3*-1;. The molecule has 106 valence electrons. The molecule has 0 bridgehead atoms. The van der Waals surface area contributed by atoms with Crippen molar-refractivity contribution in [3.05, 3.63) is 68.2 Å². The Morgan fingerprint density at radius 2 is 1.74 bits per heavy atom. The van der Waals surface area contributed by atoms with Crippen molar-refractivity contribution in [3.63, 3.8) is 0 Å². The second-order valence-electron chi connectivity index (χ2n) is 3.18. The van der Waals surface area contributed by atoms with Gasteiger partial charge >= 0.3 is 0 Å². The molecular formula is C14H16NO2OsS-3. The van der Waals surface area contributed by atoms with Crippen molar-refractivity contribution in [1.29, 1.82) is 0 Å². The third-order valence-corrected chi connectivity index (χ3v) is 3.54. The fourth-order valence-electron chi connectivity index (χ4n) is 1.35. The molecule has 1 atom stereocenters. The molecular weight excluding hydrogens is 436 g/mol. The Labute approximate surface area is 130 Å². The van der Waals surface area contributed by atoms with Gasteiger partial charge < -0.3 is 18.3 Å². The van der Waals surface area contributed by atoms with E-state index in [1.807, 2.05) is 18.2 Å². The minimum atomic E-state index is -1.16. The van der Waals surface area contributed by atoms with Crippen molar-refractivity contribution in [2.75, 3.05) is 7.11 Å². The Bertz CT molecular complexity index is 506. The molecule has 0 amide bonds. The molecule has 0 saturated carbocycles. The van der Waals surface area contributed by atoms with Gasteiger partial charge in [-0.3, -0.25) is 4.21 Å². The summed E-state index contributed by atoms with van der Waals surface area (Å²) in [6.45, 7) is 0. The van der Waals surface area contributed by atoms with Crippen LogP contribution in [-0.4, -0.2) is 11.3 Å². The van der Waals surface area contributed by atoms with Crippen molar-refractivity contribution in [1.82, 2.24) is 0 Å². The molecule has 3 nitrogen and oxygen atoms in total. The van der Waals surface area contributed by atoms with Gasteiger partial charge in [-0.25, -0.2) is 0 Å². The molecule has 0 saturated heterocycles. The second-order valence-corrected chi connectivity index (χ2v) is 4.66. The largest absolute Gasteiger partial charge is 0.693 e. The van der Waals surface area contributed by atoms with Crippen LogP contribution in [-0.2, 0) is 30.6 Å². The van der Waals surface area contributed by atoms with Crippen LogP contribution >= 0.6 is 0 Å². The molecule has 0 aliphatic carbocycles. The van der Waals surface area contributed by atoms with Gasteiger partial charge in [0, 0.05) is 24.7 Å². The first kappa shape index (κ1) is 20.3. The smallest absolute Gasteiger partial charge is 0.120 e. The fraction of sp³-hybridized carbons (Fsp3) is 0.0714. The van der Waals surface area contributed by atoms with Crippen LogP contribution in [0.15, 0.2) is 58.3 Å². The van der Waals surface area contributed by atoms with Crippen LogP contribution in [0.4, 0.5) is 0 Å². The predicted molar refractivity (Wildman–Crippen MR) is 74.6 cm³/mol. The van der Waals surface area contributed by atoms with Gasteiger partial charge in [0.1, 0.15) is 5.75 Å². The van der Waals surface area contributed by atoms with E-state index in [1.54, 1.807) is 37.4 Å². The van der Waals surface area contributed by atoms with E-state index in [-0.39, 0.29) is 33.4 Å². The molecule has 2 aromatic rings. The Kier molecular flexibility index (Phi) is 10.5. The van der Waals surface area contributed by atoms with Crippen molar-refractivity contribution >= 4 is 10.8 Å². The third-order valence-electron chi connectivity index (χ3n) is 2.16. The molecule has 0 aliphatic heterocycles. The molecule has 2 N–H and O–H groups in total. The topological polar surface area (TPSA) is 59.8 Å². The van der Waals surface area contributed by atoms with Crippen molar-refractivity contribution < 1.29 is 28.7 Å². The maximum atomic E-state index is 12.2. The van der Waals surface area contributed by atoms with Gasteiger partial charge in [-0.1, -0.05) is 11.0 Å². The van der Waals surface area contributed by atoms with Crippen molar-refractivity contribution in [2.24, 2.45) is 0 Å². The molecule has 2 rings (SSSR count). The summed E-state index contributed by atoms with van der Waals surface area (Å²) in [5.74, 6) is 0.716. The van der Waals surface area contributed by atoms with Crippen molar-refractivity contribution in [2.45, 2.75) is 9.79 Å². The summed E-state index contributed by atoms with van der Waals surface area (Å²) in [5.41, 5.74) is 0. The van der Waals surface area contributed by atoms with E-state index >= 15 is 0 Å². The van der Waals surface area contributed by atoms with Crippen LogP contribution in [0.5, 0.6) is 5.75 Å². The minimum absolute atomic E-state index is 0. The van der Waals surface area contributed by atoms with E-state index < -0.39 is 10.8 Å². The molecule has 0 aromatic heterocycles. The average Bonchev–Trinajstić information content (AvgIpc) is 2.39. The average molecular weight is 453 g/mol. The number of ether oxygens (including phenoxy) is 1. The summed E-state index contributed by atoms with van der Waals surface area (Å²) in [4.78, 5) is 1.51. The van der Waals surface area contributed by atoms with Crippen LogP contribution in [0.25, 0.3) is 6.15 Å². The van der Waals surface area contributed by atoms with Gasteiger partial charge in [0.15, 0.2) is 0 Å². The summed E-state index contributed by atoms with van der Waals surface area (Å²) in [6.07, 6.45) is 0. The van der Waals surface area contributed by atoms with E-state index in [4.69, 9.17) is 4.74 Å². The Morgan fingerprint density at radius 3 is 2.32 bits per heavy atom. The molecule has 19 heavy (non-hydrogen) atoms. The molecule has 5 heteroatoms. The maximum Gasteiger partial charge on any atom is 0.120 e. The number of benzene rings is 2. The fourth-order valence-corrected chi connectivity index (χ4v) is 2.43. The summed E-state index contributed by atoms with van der Waals surface area (Å²) >= 11 is 0. The van der Waals surface area contributed by atoms with Gasteiger partial charge in [0.05, 0.1) is 17.9 Å². The molecule has 0 aliphatic rings. The number of nitrogens with two attached hydrogens (primary N) is 1. The van der Waals surface area contributed by atoms with E-state index in [2.05, 4.69) is 6.07 Å². The summed E-state index contributed by atoms with van der Waals surface area (Å²) < 4.78 is 17.3. The third kappa shape index (κ3) is 5.24. The minimum Gasteiger partial charge on any atom is -0.693 e. The SMILES string of the molecule is COc1cccc(S(=O)c2cc[c-]cc2)c1.[CH3-].[NH2-].[Os]. The summed E-state index contributed by atoms with van der Waals surface area (Å²) in [6, 6.07) is 17.3. The molecule has 0 radical (unpaired) electrons. The second kappa shape index (κ2) is 9.86. The molecule has 2 aromatic carbocycles. The van der Waals surface area contributed by atoms with Gasteiger partial charge in [-0.2, -0.15) is 30.3 Å². The van der Waals surface area contributed by atoms with Gasteiger partial charge in [0.2, 0.25) is 0 Å². The van der Waals surface area contributed by atoms with Gasteiger partial charge in [0.25, 0.3) is 0 Å². The quantitative estimate of drug-likeness (QED) is 0.665. The molecule has 0 fully saturated rings. The Morgan fingerprint density at radius 1 is 1.11 bits per heavy atom. The van der Waals surface area contributed by atoms with Crippen LogP contribution in [0.1, 0.15) is 0 Å². The number of hydrogen-bond acceptors (Lipinski definition) is 2. The van der Waals surface area contributed by atoms with Crippen LogP contribution < -0.4 is 4.74 Å². The monoisotopic (exact) mass is 454 g/mol. The maximum absolute atomic E-state index is 12.2. The van der Waals surface area contributed by atoms with Crippen LogP contribution in [0, 0.1) is 13.5 Å². The van der Waals surface area contributed by atoms with Crippen LogP contribution in [0.3, 0.4) is 0 Å². The van der Waals surface area contributed by atoms with E-state index in [0.717, 1.165) is 9.79 Å². The zero-order valence-corrected chi connectivity index (χ0v) is 14.1. The Balaban J connectivity index is 0. The first-order valence-corrected chi connectivity index (χ1v) is 5.98. The zero-order valence-electron chi connectivity index (χ0n) is 10.8. The first-order chi connectivity index (χ1) is 7.81. The molecule has 1 unspecified atom stereocenters. The van der Waals surface area contributed by atoms with E-state index in [9.17, 15) is 4.21 Å². The summed E-state index contributed by atoms with van der Waals surface area (Å²) in [7, 11) is 0.438. The van der Waals surface area contributed by atoms with Crippen molar-refractivity contribution in [3.8, 4) is 5.75 Å². The predicted octanol–water partition coefficient (Wildman–Crippen LogP) is 3.83. The first-order valence-electron chi connectivity index (χ1n) is 4.83. The normalized spacial score (nSPS) is 10.2.